The Labute approximate surface area is 204 Å². The van der Waals surface area contributed by atoms with Gasteiger partial charge in [0.15, 0.2) is 5.82 Å². The average molecular weight is 476 g/mol. The van der Waals surface area contributed by atoms with Crippen molar-refractivity contribution in [2.24, 2.45) is 0 Å². The van der Waals surface area contributed by atoms with Crippen molar-refractivity contribution in [1.29, 1.82) is 0 Å². The van der Waals surface area contributed by atoms with Gasteiger partial charge in [-0.3, -0.25) is 4.79 Å². The molecule has 0 aliphatic heterocycles. The minimum absolute atomic E-state index is 0.167. The molecule has 3 N–H and O–H groups in total. The highest BCUT2D eigenvalue weighted by molar-refractivity contribution is 5.96. The van der Waals surface area contributed by atoms with Crippen LogP contribution in [0.5, 0.6) is 0 Å². The van der Waals surface area contributed by atoms with Crippen LogP contribution in [0.1, 0.15) is 12.5 Å². The van der Waals surface area contributed by atoms with E-state index in [9.17, 15) is 9.18 Å². The molecular formula is C26H30FN7O. The lowest BCUT2D eigenvalue weighted by Gasteiger charge is -2.24. The Kier molecular flexibility index (Phi) is 6.97. The number of carbonyl (C=O) groups is 1. The number of H-pyrrole nitrogens is 1. The molecule has 0 bridgehead atoms. The number of nitrogens with one attached hydrogen (secondary N) is 3. The van der Waals surface area contributed by atoms with E-state index in [0.717, 1.165) is 41.4 Å². The molecule has 0 fully saturated rings. The van der Waals surface area contributed by atoms with Crippen molar-refractivity contribution in [1.82, 2.24) is 19.9 Å². The van der Waals surface area contributed by atoms with Gasteiger partial charge in [-0.25, -0.2) is 14.4 Å². The lowest BCUT2D eigenvalue weighted by molar-refractivity contribution is -0.114. The zero-order chi connectivity index (χ0) is 25.1. The number of hydrogen-bond acceptors (Lipinski definition) is 6. The molecule has 2 heterocycles. The first kappa shape index (κ1) is 24.2. The zero-order valence-corrected chi connectivity index (χ0v) is 20.6. The standard InChI is InChI=1S/C26H30FN7O/c1-16-7-6-8-19-20(14-28-24(16)19)25-21(27)15-29-26(32-25)31-18-9-10-23(22(13-18)30-17(2)35)34(5)12-11-33(3)4/h6-10,13-15,28H,11-12H2,1-5H3,(H,30,35)(H,29,31,32). The Hall–Kier alpha value is -3.98. The summed E-state index contributed by atoms with van der Waals surface area (Å²) in [7, 11) is 6.02. The maximum atomic E-state index is 14.8. The van der Waals surface area contributed by atoms with Crippen LogP contribution in [0.2, 0.25) is 0 Å². The SMILES string of the molecule is CC(=O)Nc1cc(Nc2ncc(F)c(-c3c[nH]c4c(C)cccc34)n2)ccc1N(C)CCN(C)C. The third kappa shape index (κ3) is 5.41. The van der Waals surface area contributed by atoms with Gasteiger partial charge in [0.05, 0.1) is 17.6 Å². The molecule has 35 heavy (non-hydrogen) atoms. The van der Waals surface area contributed by atoms with Crippen molar-refractivity contribution in [3.05, 3.63) is 60.2 Å². The van der Waals surface area contributed by atoms with Gasteiger partial charge in [0.25, 0.3) is 0 Å². The van der Waals surface area contributed by atoms with Crippen LogP contribution >= 0.6 is 0 Å². The van der Waals surface area contributed by atoms with E-state index in [2.05, 4.69) is 35.4 Å². The molecule has 4 rings (SSSR count). The second-order valence-electron chi connectivity index (χ2n) is 8.85. The number of hydrogen-bond donors (Lipinski definition) is 3. The molecule has 0 radical (unpaired) electrons. The number of rotatable bonds is 8. The van der Waals surface area contributed by atoms with Gasteiger partial charge in [-0.1, -0.05) is 18.2 Å². The van der Waals surface area contributed by atoms with Crippen LogP contribution in [0, 0.1) is 12.7 Å². The molecule has 0 spiro atoms. The Morgan fingerprint density at radius 2 is 1.94 bits per heavy atom. The van der Waals surface area contributed by atoms with E-state index in [1.807, 2.05) is 64.5 Å². The number of para-hydroxylation sites is 1. The van der Waals surface area contributed by atoms with Gasteiger partial charge in [0.1, 0.15) is 5.69 Å². The van der Waals surface area contributed by atoms with Crippen LogP contribution in [0.15, 0.2) is 48.8 Å². The Morgan fingerprint density at radius 3 is 2.69 bits per heavy atom. The molecule has 0 unspecified atom stereocenters. The number of nitrogens with zero attached hydrogens (tertiary/aromatic N) is 4. The van der Waals surface area contributed by atoms with Crippen molar-refractivity contribution >= 4 is 39.8 Å². The Balaban J connectivity index is 1.65. The van der Waals surface area contributed by atoms with Gasteiger partial charge >= 0.3 is 0 Å². The summed E-state index contributed by atoms with van der Waals surface area (Å²) in [5.41, 5.74) is 5.13. The van der Waals surface area contributed by atoms with Crippen LogP contribution in [0.25, 0.3) is 22.2 Å². The summed E-state index contributed by atoms with van der Waals surface area (Å²) in [4.78, 5) is 27.8. The highest BCUT2D eigenvalue weighted by atomic mass is 19.1. The highest BCUT2D eigenvalue weighted by Crippen LogP contribution is 2.32. The number of fused-ring (bicyclic) bond motifs is 1. The lowest BCUT2D eigenvalue weighted by atomic mass is 10.1. The van der Waals surface area contributed by atoms with Gasteiger partial charge in [0.2, 0.25) is 11.9 Å². The molecule has 0 atom stereocenters. The Bertz CT molecular complexity index is 1370. The highest BCUT2D eigenvalue weighted by Gasteiger charge is 2.16. The number of aromatic amines is 1. The van der Waals surface area contributed by atoms with Crippen molar-refractivity contribution < 1.29 is 9.18 Å². The molecule has 1 amide bonds. The number of carbonyl (C=O) groups excluding carboxylic acids is 1. The molecule has 4 aromatic rings. The van der Waals surface area contributed by atoms with Gasteiger partial charge in [-0.05, 0) is 44.8 Å². The molecule has 0 saturated carbocycles. The quantitative estimate of drug-likeness (QED) is 0.340. The second-order valence-corrected chi connectivity index (χ2v) is 8.85. The topological polar surface area (TPSA) is 89.2 Å². The fourth-order valence-corrected chi connectivity index (χ4v) is 3.95. The fraction of sp³-hybridized carbons (Fsp3) is 0.269. The van der Waals surface area contributed by atoms with Crippen LogP contribution in [0.3, 0.4) is 0 Å². The van der Waals surface area contributed by atoms with Crippen molar-refractivity contribution in [3.8, 4) is 11.3 Å². The maximum Gasteiger partial charge on any atom is 0.227 e. The molecule has 8 nitrogen and oxygen atoms in total. The smallest absolute Gasteiger partial charge is 0.227 e. The summed E-state index contributed by atoms with van der Waals surface area (Å²) in [6.07, 6.45) is 2.93. The van der Waals surface area contributed by atoms with Gasteiger partial charge < -0.3 is 25.4 Å². The summed E-state index contributed by atoms with van der Waals surface area (Å²) in [6, 6.07) is 11.5. The fourth-order valence-electron chi connectivity index (χ4n) is 3.95. The molecule has 2 aromatic carbocycles. The maximum absolute atomic E-state index is 14.8. The van der Waals surface area contributed by atoms with Crippen molar-refractivity contribution in [3.63, 3.8) is 0 Å². The first-order chi connectivity index (χ1) is 16.7. The summed E-state index contributed by atoms with van der Waals surface area (Å²) in [5.74, 6) is -0.417. The van der Waals surface area contributed by atoms with Gasteiger partial charge in [-0.15, -0.1) is 0 Å². The molecule has 0 aliphatic rings. The van der Waals surface area contributed by atoms with E-state index in [4.69, 9.17) is 0 Å². The number of aryl methyl sites for hydroxylation is 1. The van der Waals surface area contributed by atoms with E-state index in [1.165, 1.54) is 6.92 Å². The first-order valence-electron chi connectivity index (χ1n) is 11.4. The van der Waals surface area contributed by atoms with Crippen LogP contribution < -0.4 is 15.5 Å². The monoisotopic (exact) mass is 475 g/mol. The number of likely N-dealkylation sites (N-methyl/N-ethyl adjacent to an activating group) is 2. The van der Waals surface area contributed by atoms with Crippen molar-refractivity contribution in [2.75, 3.05) is 49.8 Å². The third-order valence-electron chi connectivity index (χ3n) is 5.78. The Morgan fingerprint density at radius 1 is 1.14 bits per heavy atom. The summed E-state index contributed by atoms with van der Waals surface area (Å²) >= 11 is 0. The summed E-state index contributed by atoms with van der Waals surface area (Å²) in [5, 5.41) is 6.94. The van der Waals surface area contributed by atoms with Crippen LogP contribution in [0.4, 0.5) is 27.4 Å². The third-order valence-corrected chi connectivity index (χ3v) is 5.78. The van der Waals surface area contributed by atoms with Gasteiger partial charge in [-0.2, -0.15) is 0 Å². The van der Waals surface area contributed by atoms with Crippen LogP contribution in [-0.4, -0.2) is 60.0 Å². The summed E-state index contributed by atoms with van der Waals surface area (Å²) < 4.78 is 14.8. The molecule has 0 saturated heterocycles. The summed E-state index contributed by atoms with van der Waals surface area (Å²) in [6.45, 7) is 5.14. The second kappa shape index (κ2) is 10.1. The van der Waals surface area contributed by atoms with E-state index in [1.54, 1.807) is 6.20 Å². The first-order valence-corrected chi connectivity index (χ1v) is 11.4. The predicted molar refractivity (Wildman–Crippen MR) is 140 cm³/mol. The molecule has 2 aromatic heterocycles. The zero-order valence-electron chi connectivity index (χ0n) is 20.6. The molecular weight excluding hydrogens is 445 g/mol. The average Bonchev–Trinajstić information content (AvgIpc) is 3.24. The number of benzene rings is 2. The van der Waals surface area contributed by atoms with Crippen LogP contribution in [-0.2, 0) is 4.79 Å². The van der Waals surface area contributed by atoms with E-state index < -0.39 is 5.82 Å². The van der Waals surface area contributed by atoms with E-state index in [-0.39, 0.29) is 17.5 Å². The van der Waals surface area contributed by atoms with Crippen molar-refractivity contribution in [2.45, 2.75) is 13.8 Å². The molecule has 182 valence electrons. The molecule has 9 heteroatoms. The number of aromatic nitrogens is 3. The molecule has 0 aliphatic carbocycles. The van der Waals surface area contributed by atoms with E-state index >= 15 is 0 Å². The largest absolute Gasteiger partial charge is 0.372 e. The minimum Gasteiger partial charge on any atom is -0.372 e. The van der Waals surface area contributed by atoms with E-state index in [0.29, 0.717) is 16.9 Å². The number of halogens is 1. The minimum atomic E-state index is -0.505. The lowest BCUT2D eigenvalue weighted by Crippen LogP contribution is -2.29. The number of amides is 1. The number of anilines is 4. The predicted octanol–water partition coefficient (Wildman–Crippen LogP) is 4.77. The van der Waals surface area contributed by atoms with Gasteiger partial charge in [0, 0.05) is 55.4 Å². The normalized spacial score (nSPS) is 11.2.